The zero-order chi connectivity index (χ0) is 64.7. The van der Waals surface area contributed by atoms with Crippen molar-refractivity contribution in [3.63, 3.8) is 0 Å². The predicted octanol–water partition coefficient (Wildman–Crippen LogP) is 28.1. The molecule has 0 spiro atoms. The summed E-state index contributed by atoms with van der Waals surface area (Å²) in [5.74, 6) is -0.571. The van der Waals surface area contributed by atoms with Gasteiger partial charge in [-0.3, -0.25) is 9.59 Å². The van der Waals surface area contributed by atoms with E-state index < -0.39 is 6.10 Å². The summed E-state index contributed by atoms with van der Waals surface area (Å²) in [7, 11) is 0. The predicted molar refractivity (Wildman–Crippen MR) is 399 cm³/mol. The molecule has 0 bridgehead atoms. The lowest BCUT2D eigenvalue weighted by Crippen LogP contribution is -2.28. The molecule has 5 heteroatoms. The number of aliphatic hydroxyl groups is 1. The molecule has 0 aromatic heterocycles. The zero-order valence-corrected chi connectivity index (χ0v) is 60.1. The van der Waals surface area contributed by atoms with Gasteiger partial charge in [-0.15, -0.1) is 0 Å². The second kappa shape index (κ2) is 80.1. The van der Waals surface area contributed by atoms with Crippen LogP contribution in [-0.4, -0.2) is 36.4 Å². The Morgan fingerprint density at radius 2 is 0.478 bits per heavy atom. The van der Waals surface area contributed by atoms with E-state index in [0.29, 0.717) is 12.8 Å². The lowest BCUT2D eigenvalue weighted by atomic mass is 10.0. The molecule has 90 heavy (non-hydrogen) atoms. The summed E-state index contributed by atoms with van der Waals surface area (Å²) in [5, 5.41) is 9.73. The molecule has 522 valence electrons. The molecule has 0 aliphatic heterocycles. The number of hydrogen-bond donors (Lipinski definition) is 1. The fourth-order valence-electron chi connectivity index (χ4n) is 12.0. The first-order chi connectivity index (χ1) is 44.6. The third-order valence-electron chi connectivity index (χ3n) is 17.9. The molecular formula is C85H152O5. The van der Waals surface area contributed by atoms with E-state index in [9.17, 15) is 14.7 Å². The molecule has 1 unspecified atom stereocenters. The van der Waals surface area contributed by atoms with Gasteiger partial charge in [0.15, 0.2) is 6.10 Å². The van der Waals surface area contributed by atoms with Crippen molar-refractivity contribution in [1.82, 2.24) is 0 Å². The molecule has 0 saturated carbocycles. The molecule has 0 amide bonds. The Morgan fingerprint density at radius 3 is 0.722 bits per heavy atom. The van der Waals surface area contributed by atoms with Crippen molar-refractivity contribution < 1.29 is 24.2 Å². The fraction of sp³-hybridized carbons (Fsp3) is 0.788. The summed E-state index contributed by atoms with van der Waals surface area (Å²) in [6, 6.07) is 0. The van der Waals surface area contributed by atoms with Gasteiger partial charge in [0.2, 0.25) is 0 Å². The van der Waals surface area contributed by atoms with Crippen molar-refractivity contribution in [2.24, 2.45) is 0 Å². The van der Waals surface area contributed by atoms with Gasteiger partial charge in [-0.25, -0.2) is 0 Å². The Kier molecular flexibility index (Phi) is 77.2. The molecule has 0 rings (SSSR count). The SMILES string of the molecule is CC/C=C\C/C=C\C/C=C\C/C=C\C/C=C\C/C=C\C/C=C\C/C=C\CCCCCCCCCCCCCCCCCCC(=O)OC(CO)COC(=O)CCCCCCCCCCCCCCCCCCCCCCCCCCCCCCCCCCCCC. The van der Waals surface area contributed by atoms with Crippen LogP contribution >= 0.6 is 0 Å². The van der Waals surface area contributed by atoms with Gasteiger partial charge >= 0.3 is 11.9 Å². The minimum Gasteiger partial charge on any atom is -0.462 e. The normalized spacial score (nSPS) is 12.7. The van der Waals surface area contributed by atoms with E-state index in [0.717, 1.165) is 89.9 Å². The van der Waals surface area contributed by atoms with Gasteiger partial charge in [-0.2, -0.15) is 0 Å². The van der Waals surface area contributed by atoms with Crippen LogP contribution in [0.25, 0.3) is 0 Å². The molecule has 0 radical (unpaired) electrons. The highest BCUT2D eigenvalue weighted by Crippen LogP contribution is 2.20. The number of carbonyl (C=O) groups is 2. The number of rotatable bonds is 74. The van der Waals surface area contributed by atoms with E-state index in [2.05, 4.69) is 111 Å². The summed E-state index contributed by atoms with van der Waals surface area (Å²) >= 11 is 0. The zero-order valence-electron chi connectivity index (χ0n) is 60.1. The summed E-state index contributed by atoms with van der Waals surface area (Å²) in [4.78, 5) is 24.7. The van der Waals surface area contributed by atoms with E-state index in [1.165, 1.54) is 295 Å². The number of esters is 2. The van der Waals surface area contributed by atoms with Crippen LogP contribution in [0.1, 0.15) is 412 Å². The highest BCUT2D eigenvalue weighted by molar-refractivity contribution is 5.70. The van der Waals surface area contributed by atoms with Crippen molar-refractivity contribution in [2.75, 3.05) is 13.2 Å². The minimum atomic E-state index is -0.775. The largest absolute Gasteiger partial charge is 0.462 e. The third-order valence-corrected chi connectivity index (χ3v) is 17.9. The monoisotopic (exact) mass is 1250 g/mol. The number of unbranched alkanes of at least 4 members (excludes halogenated alkanes) is 50. The lowest BCUT2D eigenvalue weighted by Gasteiger charge is -2.15. The maximum absolute atomic E-state index is 12.4. The van der Waals surface area contributed by atoms with Crippen molar-refractivity contribution in [1.29, 1.82) is 0 Å². The third kappa shape index (κ3) is 77.3. The van der Waals surface area contributed by atoms with Crippen molar-refractivity contribution in [3.8, 4) is 0 Å². The van der Waals surface area contributed by atoms with Crippen LogP contribution in [0.2, 0.25) is 0 Å². The highest BCUT2D eigenvalue weighted by atomic mass is 16.6. The van der Waals surface area contributed by atoms with Gasteiger partial charge in [0.05, 0.1) is 6.61 Å². The molecule has 0 saturated heterocycles. The number of hydrogen-bond acceptors (Lipinski definition) is 5. The van der Waals surface area contributed by atoms with Crippen LogP contribution in [-0.2, 0) is 19.1 Å². The molecule has 0 aromatic carbocycles. The Balaban J connectivity index is 3.42. The van der Waals surface area contributed by atoms with Crippen LogP contribution in [0.4, 0.5) is 0 Å². The number of ether oxygens (including phenoxy) is 2. The highest BCUT2D eigenvalue weighted by Gasteiger charge is 2.16. The quantitative estimate of drug-likeness (QED) is 0.0373. The molecule has 0 aromatic rings. The Morgan fingerprint density at radius 1 is 0.267 bits per heavy atom. The smallest absolute Gasteiger partial charge is 0.306 e. The Bertz CT molecular complexity index is 1660. The van der Waals surface area contributed by atoms with Gasteiger partial charge in [0.25, 0.3) is 0 Å². The van der Waals surface area contributed by atoms with Gasteiger partial charge in [-0.05, 0) is 77.0 Å². The number of allylic oxidation sites excluding steroid dienone is 16. The summed E-state index contributed by atoms with van der Waals surface area (Å²) < 4.78 is 10.8. The van der Waals surface area contributed by atoms with Gasteiger partial charge in [0, 0.05) is 12.8 Å². The van der Waals surface area contributed by atoms with Crippen LogP contribution in [0, 0.1) is 0 Å². The fourth-order valence-corrected chi connectivity index (χ4v) is 12.0. The maximum atomic E-state index is 12.4. The van der Waals surface area contributed by atoms with Crippen LogP contribution in [0.3, 0.4) is 0 Å². The van der Waals surface area contributed by atoms with E-state index in [-0.39, 0.29) is 25.2 Å². The topological polar surface area (TPSA) is 72.8 Å². The lowest BCUT2D eigenvalue weighted by molar-refractivity contribution is -0.161. The first-order valence-corrected chi connectivity index (χ1v) is 39.8. The van der Waals surface area contributed by atoms with Crippen LogP contribution in [0.15, 0.2) is 97.2 Å². The van der Waals surface area contributed by atoms with E-state index in [1.54, 1.807) is 0 Å². The van der Waals surface area contributed by atoms with Crippen LogP contribution < -0.4 is 0 Å². The van der Waals surface area contributed by atoms with Crippen LogP contribution in [0.5, 0.6) is 0 Å². The summed E-state index contributed by atoms with van der Waals surface area (Å²) in [5.41, 5.74) is 0. The minimum absolute atomic E-state index is 0.0629. The molecular weight excluding hydrogens is 1100 g/mol. The number of aliphatic hydroxyl groups excluding tert-OH is 1. The van der Waals surface area contributed by atoms with Crippen molar-refractivity contribution in [2.45, 2.75) is 418 Å². The Labute approximate surface area is 561 Å². The average molecular weight is 1250 g/mol. The Hall–Kier alpha value is -3.18. The second-order valence-electron chi connectivity index (χ2n) is 26.8. The van der Waals surface area contributed by atoms with Gasteiger partial charge in [0.1, 0.15) is 6.61 Å². The molecule has 0 fully saturated rings. The first-order valence-electron chi connectivity index (χ1n) is 39.8. The van der Waals surface area contributed by atoms with E-state index in [4.69, 9.17) is 9.47 Å². The van der Waals surface area contributed by atoms with Crippen molar-refractivity contribution >= 4 is 11.9 Å². The van der Waals surface area contributed by atoms with Gasteiger partial charge < -0.3 is 14.6 Å². The van der Waals surface area contributed by atoms with Crippen molar-refractivity contribution in [3.05, 3.63) is 97.2 Å². The molecule has 5 nitrogen and oxygen atoms in total. The average Bonchev–Trinajstić information content (AvgIpc) is 3.60. The molecule has 0 aliphatic rings. The molecule has 1 N–H and O–H groups in total. The molecule has 1 atom stereocenters. The second-order valence-corrected chi connectivity index (χ2v) is 26.8. The summed E-state index contributed by atoms with van der Waals surface area (Å²) in [6.45, 7) is 4.08. The summed E-state index contributed by atoms with van der Waals surface area (Å²) in [6.07, 6.45) is 115. The first kappa shape index (κ1) is 86.8. The number of carbonyl (C=O) groups excluding carboxylic acids is 2. The van der Waals surface area contributed by atoms with Gasteiger partial charge in [-0.1, -0.05) is 419 Å². The van der Waals surface area contributed by atoms with E-state index in [1.807, 2.05) is 0 Å². The van der Waals surface area contributed by atoms with E-state index >= 15 is 0 Å². The molecule has 0 heterocycles. The maximum Gasteiger partial charge on any atom is 0.306 e. The molecule has 0 aliphatic carbocycles. The standard InChI is InChI=1S/C85H152O5/c1-3-5-7-9-11-13-15-17-19-21-23-25-27-29-31-33-35-37-39-40-41-42-43-44-46-48-50-52-54-56-58-60-62-64-66-68-70-72-74-76-78-80-85(88)90-83(81-86)82-89-84(87)79-77-75-73-71-69-67-65-63-61-59-57-55-53-51-49-47-45-38-36-34-32-30-28-26-24-22-20-18-16-14-12-10-8-6-4-2/h5,7,11,13,17,19,23,25,29,31,35,37,40-41,43-44,83,86H,3-4,6,8-10,12,14-16,18,20-22,24,26-28,30,32-34,36,38-39,42,45-82H2,1-2H3/b7-5-,13-11-,19-17-,25-23-,31-29-,37-35-,41-40-,44-43-.